The number of aryl methyl sites for hydroxylation is 2. The van der Waals surface area contributed by atoms with Crippen molar-refractivity contribution in [1.29, 1.82) is 0 Å². The lowest BCUT2D eigenvalue weighted by atomic mass is 9.89. The molecule has 0 saturated heterocycles. The van der Waals surface area contributed by atoms with Gasteiger partial charge in [0.1, 0.15) is 0 Å². The van der Waals surface area contributed by atoms with E-state index in [4.69, 9.17) is 9.47 Å². The van der Waals surface area contributed by atoms with Crippen molar-refractivity contribution in [2.45, 2.75) is 53.0 Å². The maximum Gasteiger partial charge on any atom is 0.311 e. The third-order valence-electron chi connectivity index (χ3n) is 4.10. The number of hydrogen-bond acceptors (Lipinski definition) is 4. The zero-order valence-corrected chi connectivity index (χ0v) is 14.0. The fraction of sp³-hybridized carbons (Fsp3) is 0.647. The monoisotopic (exact) mass is 306 g/mol. The summed E-state index contributed by atoms with van der Waals surface area (Å²) in [5.41, 5.74) is 3.26. The topological polar surface area (TPSA) is 53.4 Å². The zero-order valence-electron chi connectivity index (χ0n) is 14.0. The van der Waals surface area contributed by atoms with Gasteiger partial charge in [0.15, 0.2) is 0 Å². The van der Waals surface area contributed by atoms with Crippen molar-refractivity contribution in [3.8, 4) is 0 Å². The molecule has 0 aromatic carbocycles. The number of hydrogen-bond donors (Lipinski definition) is 0. The van der Waals surface area contributed by atoms with E-state index in [1.54, 1.807) is 7.11 Å². The van der Waals surface area contributed by atoms with Crippen molar-refractivity contribution in [2.75, 3.05) is 13.7 Å². The van der Waals surface area contributed by atoms with Gasteiger partial charge in [0.25, 0.3) is 0 Å². The van der Waals surface area contributed by atoms with Crippen LogP contribution in [-0.4, -0.2) is 29.5 Å². The van der Waals surface area contributed by atoms with Crippen LogP contribution in [0.25, 0.3) is 0 Å². The van der Waals surface area contributed by atoms with Gasteiger partial charge in [0.2, 0.25) is 0 Å². The van der Waals surface area contributed by atoms with E-state index in [9.17, 15) is 4.79 Å². The first kappa shape index (κ1) is 16.6. The smallest absolute Gasteiger partial charge is 0.311 e. The first-order valence-electron chi connectivity index (χ1n) is 7.89. The summed E-state index contributed by atoms with van der Waals surface area (Å²) in [4.78, 5) is 11.9. The summed E-state index contributed by atoms with van der Waals surface area (Å²) in [5.74, 6) is -0.141. The molecule has 0 radical (unpaired) electrons. The van der Waals surface area contributed by atoms with Crippen LogP contribution in [0.4, 0.5) is 0 Å². The number of methoxy groups -OCH3 is 1. The predicted octanol–water partition coefficient (Wildman–Crippen LogP) is 2.88. The molecule has 0 saturated carbocycles. The number of fused-ring (bicyclic) bond motifs is 1. The van der Waals surface area contributed by atoms with E-state index in [0.29, 0.717) is 13.0 Å². The summed E-state index contributed by atoms with van der Waals surface area (Å²) in [6.45, 7) is 6.83. The van der Waals surface area contributed by atoms with Gasteiger partial charge in [-0.3, -0.25) is 9.48 Å². The molecule has 0 unspecified atom stereocenters. The molecule has 2 rings (SSSR count). The highest BCUT2D eigenvalue weighted by atomic mass is 16.5. The fourth-order valence-electron chi connectivity index (χ4n) is 2.68. The molecule has 1 aliphatic carbocycles. The van der Waals surface area contributed by atoms with E-state index in [2.05, 4.69) is 11.3 Å². The summed E-state index contributed by atoms with van der Waals surface area (Å²) in [6.07, 6.45) is 7.52. The molecular formula is C17H26N2O3. The minimum Gasteiger partial charge on any atom is -0.504 e. The lowest BCUT2D eigenvalue weighted by molar-refractivity contribution is -0.153. The van der Waals surface area contributed by atoms with Crippen LogP contribution in [0.2, 0.25) is 0 Å². The second-order valence-corrected chi connectivity index (χ2v) is 6.41. The van der Waals surface area contributed by atoms with E-state index < -0.39 is 5.41 Å². The van der Waals surface area contributed by atoms with E-state index in [1.165, 1.54) is 16.8 Å². The number of carbonyl (C=O) groups excluding carboxylic acids is 1. The van der Waals surface area contributed by atoms with Crippen molar-refractivity contribution >= 4 is 5.97 Å². The van der Waals surface area contributed by atoms with Gasteiger partial charge in [-0.15, -0.1) is 0 Å². The summed E-state index contributed by atoms with van der Waals surface area (Å²) < 4.78 is 12.2. The Labute approximate surface area is 132 Å². The number of esters is 1. The van der Waals surface area contributed by atoms with Gasteiger partial charge in [-0.2, -0.15) is 5.10 Å². The molecular weight excluding hydrogens is 280 g/mol. The molecule has 122 valence electrons. The van der Waals surface area contributed by atoms with Gasteiger partial charge in [0.05, 0.1) is 31.1 Å². The maximum absolute atomic E-state index is 11.9. The second-order valence-electron chi connectivity index (χ2n) is 6.41. The minimum atomic E-state index is -0.483. The highest BCUT2D eigenvalue weighted by molar-refractivity contribution is 5.75. The molecule has 1 aromatic rings. The normalized spacial score (nSPS) is 16.5. The zero-order chi connectivity index (χ0) is 16.2. The van der Waals surface area contributed by atoms with Crippen molar-refractivity contribution in [1.82, 2.24) is 9.78 Å². The third kappa shape index (κ3) is 3.90. The average molecular weight is 306 g/mol. The molecule has 0 aliphatic heterocycles. The largest absolute Gasteiger partial charge is 0.504 e. The standard InChI is InChI=1S/C17H26N2O3/c1-5-22-16(20)17(2,3)8-9-19-11-14-10-13(12-21-4)6-7-15(14)18-19/h11-12H,5-10H2,1-4H3. The first-order chi connectivity index (χ1) is 10.5. The molecule has 5 nitrogen and oxygen atoms in total. The van der Waals surface area contributed by atoms with Crippen LogP contribution in [0.1, 0.15) is 44.9 Å². The number of nitrogens with zero attached hydrogens (tertiary/aromatic N) is 2. The van der Waals surface area contributed by atoms with Crippen LogP contribution in [0.3, 0.4) is 0 Å². The van der Waals surface area contributed by atoms with E-state index in [0.717, 1.165) is 25.8 Å². The molecule has 0 fully saturated rings. The lowest BCUT2D eigenvalue weighted by Crippen LogP contribution is -2.28. The van der Waals surface area contributed by atoms with Gasteiger partial charge in [-0.05, 0) is 51.2 Å². The predicted molar refractivity (Wildman–Crippen MR) is 84.4 cm³/mol. The number of carbonyl (C=O) groups is 1. The average Bonchev–Trinajstić information content (AvgIpc) is 2.88. The summed E-state index contributed by atoms with van der Waals surface area (Å²) in [7, 11) is 1.68. The van der Waals surface area contributed by atoms with E-state index in [1.807, 2.05) is 31.7 Å². The number of allylic oxidation sites excluding steroid dienone is 1. The van der Waals surface area contributed by atoms with E-state index >= 15 is 0 Å². The highest BCUT2D eigenvalue weighted by Gasteiger charge is 2.29. The minimum absolute atomic E-state index is 0.141. The molecule has 5 heteroatoms. The second kappa shape index (κ2) is 6.99. The summed E-state index contributed by atoms with van der Waals surface area (Å²) >= 11 is 0. The number of rotatable bonds is 6. The van der Waals surface area contributed by atoms with Crippen LogP contribution < -0.4 is 0 Å². The molecule has 0 N–H and O–H groups in total. The first-order valence-corrected chi connectivity index (χ1v) is 7.89. The Morgan fingerprint density at radius 3 is 2.91 bits per heavy atom. The van der Waals surface area contributed by atoms with Crippen molar-refractivity contribution in [3.05, 3.63) is 29.3 Å². The summed E-state index contributed by atoms with van der Waals surface area (Å²) in [5, 5.41) is 4.65. The molecule has 1 heterocycles. The Bertz CT molecular complexity index is 558. The van der Waals surface area contributed by atoms with Crippen LogP contribution in [0, 0.1) is 5.41 Å². The highest BCUT2D eigenvalue weighted by Crippen LogP contribution is 2.26. The van der Waals surface area contributed by atoms with Crippen LogP contribution >= 0.6 is 0 Å². The van der Waals surface area contributed by atoms with Gasteiger partial charge in [0, 0.05) is 19.2 Å². The Kier molecular flexibility index (Phi) is 5.27. The van der Waals surface area contributed by atoms with Crippen molar-refractivity contribution in [2.24, 2.45) is 5.41 Å². The van der Waals surface area contributed by atoms with Crippen molar-refractivity contribution in [3.63, 3.8) is 0 Å². The van der Waals surface area contributed by atoms with Gasteiger partial charge < -0.3 is 9.47 Å². The summed E-state index contributed by atoms with van der Waals surface area (Å²) in [6, 6.07) is 0. The van der Waals surface area contributed by atoms with Gasteiger partial charge >= 0.3 is 5.97 Å². The van der Waals surface area contributed by atoms with Crippen LogP contribution in [0.5, 0.6) is 0 Å². The molecule has 0 amide bonds. The SMILES string of the molecule is CCOC(=O)C(C)(C)CCn1cc2c(n1)CCC(=COC)C2. The maximum atomic E-state index is 11.9. The van der Waals surface area contributed by atoms with Gasteiger partial charge in [-0.25, -0.2) is 0 Å². The van der Waals surface area contributed by atoms with Gasteiger partial charge in [-0.1, -0.05) is 0 Å². The number of aromatic nitrogens is 2. The fourth-order valence-corrected chi connectivity index (χ4v) is 2.68. The molecule has 1 aliphatic rings. The Hall–Kier alpha value is -1.78. The Morgan fingerprint density at radius 1 is 1.45 bits per heavy atom. The molecule has 22 heavy (non-hydrogen) atoms. The van der Waals surface area contributed by atoms with Crippen LogP contribution in [-0.2, 0) is 33.7 Å². The third-order valence-corrected chi connectivity index (χ3v) is 4.10. The molecule has 0 spiro atoms. The number of ether oxygens (including phenoxy) is 2. The quantitative estimate of drug-likeness (QED) is 0.599. The van der Waals surface area contributed by atoms with Crippen LogP contribution in [0.15, 0.2) is 18.0 Å². The lowest BCUT2D eigenvalue weighted by Gasteiger charge is -2.21. The van der Waals surface area contributed by atoms with Crippen molar-refractivity contribution < 1.29 is 14.3 Å². The van der Waals surface area contributed by atoms with E-state index in [-0.39, 0.29) is 5.97 Å². The Balaban J connectivity index is 1.98. The Morgan fingerprint density at radius 2 is 2.23 bits per heavy atom. The molecule has 1 aromatic heterocycles. The molecule has 0 atom stereocenters. The molecule has 0 bridgehead atoms.